The number of carbonyl (C=O) groups excluding carboxylic acids is 3. The predicted molar refractivity (Wildman–Crippen MR) is 267 cm³/mol. The van der Waals surface area contributed by atoms with Crippen molar-refractivity contribution in [2.45, 2.75) is 280 Å². The second-order valence-electron chi connectivity index (χ2n) is 20.0. The van der Waals surface area contributed by atoms with Gasteiger partial charge in [-0.1, -0.05) is 174 Å². The summed E-state index contributed by atoms with van der Waals surface area (Å²) >= 11 is 0. The van der Waals surface area contributed by atoms with Gasteiger partial charge in [0.15, 0.2) is 6.29 Å². The topological polar surface area (TPSA) is 303 Å². The van der Waals surface area contributed by atoms with Crippen molar-refractivity contribution in [1.82, 2.24) is 16.0 Å². The first kappa shape index (κ1) is 64.6. The molecular formula is C52H97N3O16. The van der Waals surface area contributed by atoms with Crippen LogP contribution in [0.25, 0.3) is 0 Å². The van der Waals surface area contributed by atoms with Gasteiger partial charge in [0.2, 0.25) is 17.7 Å². The largest absolute Gasteiger partial charge is 0.477 e. The van der Waals surface area contributed by atoms with Crippen LogP contribution in [0.2, 0.25) is 0 Å². The number of nitrogens with one attached hydrogen (secondary N) is 3. The van der Waals surface area contributed by atoms with Gasteiger partial charge in [-0.25, -0.2) is 4.79 Å². The van der Waals surface area contributed by atoms with Crippen molar-refractivity contribution < 1.29 is 79.0 Å². The number of unbranched alkanes of at least 4 members (excludes halogenated alkanes) is 25. The Kier molecular flexibility index (Phi) is 34.6. The van der Waals surface area contributed by atoms with E-state index in [1.165, 1.54) is 116 Å². The maximum Gasteiger partial charge on any atom is 0.364 e. The van der Waals surface area contributed by atoms with Crippen molar-refractivity contribution >= 4 is 23.7 Å². The van der Waals surface area contributed by atoms with Gasteiger partial charge in [0.25, 0.3) is 5.79 Å². The Labute approximate surface area is 423 Å². The highest BCUT2D eigenvalue weighted by Crippen LogP contribution is 2.37. The van der Waals surface area contributed by atoms with E-state index in [4.69, 9.17) is 18.9 Å². The third-order valence-corrected chi connectivity index (χ3v) is 13.8. The molecule has 2 aliphatic heterocycles. The second kappa shape index (κ2) is 38.1. The molecule has 2 rings (SSSR count). The average Bonchev–Trinajstić information content (AvgIpc) is 3.34. The number of rotatable bonds is 42. The van der Waals surface area contributed by atoms with Crippen LogP contribution in [0.3, 0.4) is 0 Å². The van der Waals surface area contributed by atoms with Gasteiger partial charge in [-0.2, -0.15) is 0 Å². The Morgan fingerprint density at radius 3 is 1.62 bits per heavy atom. The zero-order chi connectivity index (χ0) is 52.4. The number of aliphatic hydroxyl groups is 7. The molecule has 19 nitrogen and oxygen atoms in total. The van der Waals surface area contributed by atoms with Crippen LogP contribution in [-0.4, -0.2) is 164 Å². The number of carboxylic acid groups (broad SMARTS) is 1. The summed E-state index contributed by atoms with van der Waals surface area (Å²) < 4.78 is 23.0. The molecule has 2 heterocycles. The fourth-order valence-corrected chi connectivity index (χ4v) is 9.40. The lowest BCUT2D eigenvalue weighted by molar-refractivity contribution is -0.369. The first-order valence-corrected chi connectivity index (χ1v) is 27.5. The molecule has 3 amide bonds. The number of carbonyl (C=O) groups is 4. The molecule has 2 saturated heterocycles. The van der Waals surface area contributed by atoms with Gasteiger partial charge in [-0.3, -0.25) is 14.4 Å². The number of carboxylic acids is 1. The molecule has 0 radical (unpaired) electrons. The number of aliphatic hydroxyl groups excluding tert-OH is 7. The van der Waals surface area contributed by atoms with Gasteiger partial charge in [0.1, 0.15) is 48.8 Å². The van der Waals surface area contributed by atoms with Crippen LogP contribution in [0.15, 0.2) is 0 Å². The lowest BCUT2D eigenvalue weighted by Crippen LogP contribution is -2.70. The summed E-state index contributed by atoms with van der Waals surface area (Å²) in [5.74, 6) is -6.52. The Balaban J connectivity index is 2.08. The summed E-state index contributed by atoms with van der Waals surface area (Å²) in [5.41, 5.74) is 0. The molecule has 12 atom stereocenters. The quantitative estimate of drug-likeness (QED) is 0.0374. The zero-order valence-electron chi connectivity index (χ0n) is 43.5. The van der Waals surface area contributed by atoms with Crippen LogP contribution in [0.4, 0.5) is 0 Å². The highest BCUT2D eigenvalue weighted by Gasteiger charge is 2.59. The summed E-state index contributed by atoms with van der Waals surface area (Å²) in [5, 5.41) is 93.1. The van der Waals surface area contributed by atoms with E-state index in [9.17, 15) is 60.0 Å². The molecule has 2 fully saturated rings. The van der Waals surface area contributed by atoms with Crippen LogP contribution >= 0.6 is 0 Å². The highest BCUT2D eigenvalue weighted by atomic mass is 16.8. The number of ether oxygens (including phenoxy) is 4. The summed E-state index contributed by atoms with van der Waals surface area (Å²) in [6.07, 6.45) is 13.5. The molecule has 0 bridgehead atoms. The fourth-order valence-electron chi connectivity index (χ4n) is 9.40. The van der Waals surface area contributed by atoms with E-state index < -0.39 is 117 Å². The first-order valence-electron chi connectivity index (χ1n) is 27.5. The Bertz CT molecular complexity index is 1430. The van der Waals surface area contributed by atoms with Gasteiger partial charge in [0.05, 0.1) is 32.0 Å². The minimum absolute atomic E-state index is 0.162. The molecule has 0 saturated carbocycles. The van der Waals surface area contributed by atoms with Gasteiger partial charge >= 0.3 is 5.97 Å². The molecule has 0 spiro atoms. The molecule has 2 aliphatic rings. The van der Waals surface area contributed by atoms with Gasteiger partial charge in [0, 0.05) is 26.3 Å². The summed E-state index contributed by atoms with van der Waals surface area (Å²) in [4.78, 5) is 51.9. The Morgan fingerprint density at radius 2 is 1.17 bits per heavy atom. The van der Waals surface area contributed by atoms with Crippen molar-refractivity contribution in [3.05, 3.63) is 0 Å². The fraction of sp³-hybridized carbons (Fsp3) is 0.923. The molecule has 0 aromatic heterocycles. The third kappa shape index (κ3) is 25.0. The van der Waals surface area contributed by atoms with Crippen LogP contribution in [0.1, 0.15) is 207 Å². The minimum atomic E-state index is -2.97. The smallest absolute Gasteiger partial charge is 0.364 e. The van der Waals surface area contributed by atoms with E-state index in [1.807, 2.05) is 0 Å². The van der Waals surface area contributed by atoms with Crippen LogP contribution < -0.4 is 16.0 Å². The molecule has 19 heteroatoms. The second-order valence-corrected chi connectivity index (χ2v) is 20.0. The first-order chi connectivity index (χ1) is 34.2. The van der Waals surface area contributed by atoms with E-state index in [0.29, 0.717) is 19.4 Å². The zero-order valence-corrected chi connectivity index (χ0v) is 43.5. The van der Waals surface area contributed by atoms with Crippen molar-refractivity contribution in [3.63, 3.8) is 0 Å². The molecule has 71 heavy (non-hydrogen) atoms. The normalized spacial score (nSPS) is 25.8. The van der Waals surface area contributed by atoms with Crippen molar-refractivity contribution in [2.24, 2.45) is 0 Å². The van der Waals surface area contributed by atoms with E-state index in [2.05, 4.69) is 29.8 Å². The summed E-state index contributed by atoms with van der Waals surface area (Å²) in [6, 6.07) is -2.78. The molecule has 0 aromatic rings. The van der Waals surface area contributed by atoms with Gasteiger partial charge in [-0.05, 0) is 12.8 Å². The lowest BCUT2D eigenvalue weighted by Gasteiger charge is -2.50. The Morgan fingerprint density at radius 1 is 0.690 bits per heavy atom. The van der Waals surface area contributed by atoms with Crippen LogP contribution in [-0.2, 0) is 38.1 Å². The van der Waals surface area contributed by atoms with E-state index >= 15 is 0 Å². The van der Waals surface area contributed by atoms with Gasteiger partial charge < -0.3 is 75.8 Å². The van der Waals surface area contributed by atoms with Crippen molar-refractivity contribution in [2.75, 3.05) is 26.4 Å². The number of amides is 3. The molecule has 416 valence electrons. The van der Waals surface area contributed by atoms with E-state index in [1.54, 1.807) is 0 Å². The minimum Gasteiger partial charge on any atom is -0.477 e. The number of aliphatic carboxylic acids is 1. The highest BCUT2D eigenvalue weighted by molar-refractivity contribution is 5.87. The maximum atomic E-state index is 13.6. The molecule has 0 aromatic carbocycles. The van der Waals surface area contributed by atoms with Crippen LogP contribution in [0, 0.1) is 0 Å². The van der Waals surface area contributed by atoms with Crippen LogP contribution in [0.5, 0.6) is 0 Å². The van der Waals surface area contributed by atoms with Gasteiger partial charge in [-0.15, -0.1) is 0 Å². The Hall–Kier alpha value is -2.56. The summed E-state index contributed by atoms with van der Waals surface area (Å²) in [7, 11) is 0. The number of hydrogen-bond donors (Lipinski definition) is 11. The predicted octanol–water partition coefficient (Wildman–Crippen LogP) is 4.54. The SMILES string of the molecule is CCCCCCCCCCCCCCCCCC(=O)N[C@@H](CO[C@@H]1O[C@H](CO)[C@H](O)[C@H](O[C@]2(C(=O)O)C[C@H](O)[C@@H](NC(C)=O)[C@H]([C@H](O)[C@H](O)CO)O2)[C@H]1O)C(=O)NCCCCCCCCCCCCCC. The monoisotopic (exact) mass is 1020 g/mol. The summed E-state index contributed by atoms with van der Waals surface area (Å²) in [6.45, 7) is 3.42. The number of hydrogen-bond acceptors (Lipinski definition) is 15. The third-order valence-electron chi connectivity index (χ3n) is 13.8. The standard InChI is InChI=1S/C52H97N3O16/c1-4-6-8-10-12-14-16-18-19-20-21-23-25-27-29-31-42(61)55-38(49(65)53-32-30-28-26-24-22-17-15-13-11-9-7-5-2)36-68-50-46(64)48(45(63)41(35-57)69-50)71-52(51(66)67)33-39(59)43(54-37(3)58)47(70-52)44(62)40(60)34-56/h38-41,43-48,50,56-57,59-60,62-64H,4-36H2,1-3H3,(H,53,65)(H,54,58)(H,55,61)(H,66,67)/t38-,39-,40+,41+,43+,44+,45-,46+,47+,48-,50+,52-/m0/s1. The van der Waals surface area contributed by atoms with E-state index in [-0.39, 0.29) is 12.3 Å². The van der Waals surface area contributed by atoms with Crippen molar-refractivity contribution in [3.8, 4) is 0 Å². The molecular weight excluding hydrogens is 923 g/mol. The molecule has 0 unspecified atom stereocenters. The molecule has 11 N–H and O–H groups in total. The van der Waals surface area contributed by atoms with E-state index in [0.717, 1.165) is 51.9 Å². The maximum absolute atomic E-state index is 13.6. The lowest BCUT2D eigenvalue weighted by atomic mass is 9.88. The van der Waals surface area contributed by atoms with Crippen molar-refractivity contribution in [1.29, 1.82) is 0 Å². The average molecular weight is 1020 g/mol. The molecule has 0 aliphatic carbocycles.